The predicted octanol–water partition coefficient (Wildman–Crippen LogP) is -17.5. The zero-order chi connectivity index (χ0) is 12.2. The van der Waals surface area contributed by atoms with E-state index in [1.165, 1.54) is 0 Å². The molecule has 0 saturated heterocycles. The van der Waals surface area contributed by atoms with Gasteiger partial charge in [-0.1, -0.05) is 0 Å². The topological polar surface area (TPSA) is 204 Å². The quantitative estimate of drug-likeness (QED) is 0.334. The van der Waals surface area contributed by atoms with Crippen LogP contribution in [0, 0.1) is 0 Å². The molecule has 0 rings (SSSR count). The zero-order valence-corrected chi connectivity index (χ0v) is 26.0. The average molecular weight is 488 g/mol. The standard InChI is InChI=1S/3Cr.4K.11O/q;;;4*+1;;;;;;;;4*-1. The monoisotopic (exact) mass is 488 g/mol. The van der Waals surface area contributed by atoms with Gasteiger partial charge in [0.15, 0.2) is 0 Å². The molecular weight excluding hydrogens is 488 g/mol. The minimum atomic E-state index is -6.07. The van der Waals surface area contributed by atoms with Crippen molar-refractivity contribution in [2.45, 2.75) is 0 Å². The van der Waals surface area contributed by atoms with Crippen LogP contribution in [0.15, 0.2) is 0 Å². The molecule has 18 heteroatoms. The molecule has 0 fully saturated rings. The van der Waals surface area contributed by atoms with E-state index < -0.39 is 40.8 Å². The third kappa shape index (κ3) is 66.2. The molecular formula is Cr3K4O11. The van der Waals surface area contributed by atoms with Crippen molar-refractivity contribution < 1.29 is 289 Å². The Morgan fingerprint density at radius 2 is 0.667 bits per heavy atom. The summed E-state index contributed by atoms with van der Waals surface area (Å²) < 4.78 is 93.3. The van der Waals surface area contributed by atoms with Gasteiger partial charge in [-0.2, -0.15) is 0 Å². The molecule has 11 nitrogen and oxygen atoms in total. The van der Waals surface area contributed by atoms with Crippen molar-refractivity contribution in [1.29, 1.82) is 0 Å². The Kier molecular flexibility index (Phi) is 40.9. The second kappa shape index (κ2) is 18.5. The molecule has 0 unspecified atom stereocenters. The summed E-state index contributed by atoms with van der Waals surface area (Å²) in [5.74, 6) is 0. The van der Waals surface area contributed by atoms with Crippen LogP contribution in [0.1, 0.15) is 0 Å². The van der Waals surface area contributed by atoms with Gasteiger partial charge in [0.1, 0.15) is 0 Å². The predicted molar refractivity (Wildman–Crippen MR) is 5.20 cm³/mol. The van der Waals surface area contributed by atoms with Crippen molar-refractivity contribution in [3.05, 3.63) is 0 Å². The molecule has 0 aliphatic rings. The van der Waals surface area contributed by atoms with E-state index in [4.69, 9.17) is 15.9 Å². The van der Waals surface area contributed by atoms with Crippen LogP contribution in [0.5, 0.6) is 0 Å². The van der Waals surface area contributed by atoms with Crippen molar-refractivity contribution >= 4 is 0 Å². The Hall–Kier alpha value is 6.74. The van der Waals surface area contributed by atoms with E-state index in [0.717, 1.165) is 0 Å². The molecule has 0 saturated carbocycles. The van der Waals surface area contributed by atoms with Crippen molar-refractivity contribution in [2.24, 2.45) is 0 Å². The molecule has 18 heavy (non-hydrogen) atoms. The summed E-state index contributed by atoms with van der Waals surface area (Å²) in [6.45, 7) is 0. The maximum atomic E-state index is 9.38. The number of hydrogen-bond acceptors (Lipinski definition) is 11. The summed E-state index contributed by atoms with van der Waals surface area (Å²) in [5.41, 5.74) is 0. The molecule has 0 atom stereocenters. The Bertz CT molecular complexity index is 416. The van der Waals surface area contributed by atoms with Crippen molar-refractivity contribution in [1.82, 2.24) is 0 Å². The molecule has 0 aromatic carbocycles. The molecule has 0 aliphatic carbocycles. The molecule has 0 heterocycles. The SMILES string of the molecule is [K+].[K+].[K+].[K+].[O]=[Cr](=[O])([O-])[O-].[O]=[Cr](=[O])([O-])[O][Cr](=[O])(=[O])[O-]. The van der Waals surface area contributed by atoms with Crippen LogP contribution in [0.25, 0.3) is 0 Å². The third-order valence-corrected chi connectivity index (χ3v) is 2.83. The van der Waals surface area contributed by atoms with Gasteiger partial charge in [0.25, 0.3) is 0 Å². The summed E-state index contributed by atoms with van der Waals surface area (Å²) in [5, 5.41) is 0. The number of rotatable bonds is 2. The van der Waals surface area contributed by atoms with Gasteiger partial charge < -0.3 is 0 Å². The van der Waals surface area contributed by atoms with E-state index in [1.807, 2.05) is 0 Å². The van der Waals surface area contributed by atoms with E-state index in [2.05, 4.69) is 2.84 Å². The maximum absolute atomic E-state index is 9.38. The van der Waals surface area contributed by atoms with Crippen molar-refractivity contribution in [2.75, 3.05) is 0 Å². The summed E-state index contributed by atoms with van der Waals surface area (Å²) in [7, 11) is 0. The van der Waals surface area contributed by atoms with Crippen LogP contribution in [-0.2, 0) is 66.5 Å². The fourth-order valence-corrected chi connectivity index (χ4v) is 1.74. The fourth-order valence-electron chi connectivity index (χ4n) is 0.102. The van der Waals surface area contributed by atoms with E-state index in [0.29, 0.717) is 0 Å². The van der Waals surface area contributed by atoms with Gasteiger partial charge in [0, 0.05) is 0 Å². The van der Waals surface area contributed by atoms with Gasteiger partial charge >= 0.3 is 289 Å². The van der Waals surface area contributed by atoms with Crippen LogP contribution < -0.4 is 222 Å². The third-order valence-electron chi connectivity index (χ3n) is 0.167. The van der Waals surface area contributed by atoms with E-state index >= 15 is 0 Å². The molecule has 0 radical (unpaired) electrons. The van der Waals surface area contributed by atoms with Gasteiger partial charge in [-0.05, 0) is 0 Å². The minimum absolute atomic E-state index is 0. The van der Waals surface area contributed by atoms with Gasteiger partial charge in [-0.15, -0.1) is 0 Å². The normalized spacial score (nSPS) is 10.0. The average Bonchev–Trinajstić information content (AvgIpc) is 1.42. The van der Waals surface area contributed by atoms with Crippen molar-refractivity contribution in [3.8, 4) is 0 Å². The van der Waals surface area contributed by atoms with Crippen LogP contribution >= 0.6 is 0 Å². The Morgan fingerprint density at radius 3 is 0.667 bits per heavy atom. The fraction of sp³-hybridized carbons (Fsp3) is 0. The van der Waals surface area contributed by atoms with Crippen LogP contribution in [0.3, 0.4) is 0 Å². The van der Waals surface area contributed by atoms with Crippen LogP contribution in [-0.4, -0.2) is 0 Å². The Labute approximate surface area is 279 Å². The Balaban J connectivity index is -0.0000000359. The summed E-state index contributed by atoms with van der Waals surface area (Å²) in [4.78, 5) is 0. The molecule has 0 spiro atoms. The second-order valence-electron chi connectivity index (χ2n) is 1.29. The van der Waals surface area contributed by atoms with Crippen LogP contribution in [0.4, 0.5) is 0 Å². The summed E-state index contributed by atoms with van der Waals surface area (Å²) in [6.07, 6.45) is 0. The first kappa shape index (κ1) is 39.7. The molecule has 0 aromatic heterocycles. The van der Waals surface area contributed by atoms with E-state index in [1.54, 1.807) is 0 Å². The van der Waals surface area contributed by atoms with Crippen molar-refractivity contribution in [3.63, 3.8) is 0 Å². The first-order valence-corrected chi connectivity index (χ1v) is 8.25. The molecule has 0 amide bonds. The van der Waals surface area contributed by atoms with Crippen LogP contribution in [0.2, 0.25) is 0 Å². The van der Waals surface area contributed by atoms with E-state index in [9.17, 15) is 23.5 Å². The first-order valence-electron chi connectivity index (χ1n) is 2.00. The summed E-state index contributed by atoms with van der Waals surface area (Å²) in [6, 6.07) is 0. The number of hydrogen-bond donors (Lipinski definition) is 0. The van der Waals surface area contributed by atoms with Gasteiger partial charge in [-0.25, -0.2) is 0 Å². The second-order valence-corrected chi connectivity index (χ2v) is 6.21. The molecule has 88 valence electrons. The summed E-state index contributed by atoms with van der Waals surface area (Å²) >= 11 is -17.9. The molecule has 0 bridgehead atoms. The molecule has 0 N–H and O–H groups in total. The van der Waals surface area contributed by atoms with Gasteiger partial charge in [0.05, 0.1) is 0 Å². The van der Waals surface area contributed by atoms with Gasteiger partial charge in [-0.3, -0.25) is 0 Å². The molecule has 0 aromatic rings. The zero-order valence-electron chi connectivity index (χ0n) is 9.72. The van der Waals surface area contributed by atoms with E-state index in [-0.39, 0.29) is 206 Å². The van der Waals surface area contributed by atoms with Gasteiger partial charge in [0.2, 0.25) is 0 Å². The Morgan fingerprint density at radius 1 is 0.556 bits per heavy atom. The molecule has 0 aliphatic heterocycles. The first-order chi connectivity index (χ1) is 5.71.